The average molecular weight is 312 g/mol. The van der Waals surface area contributed by atoms with Gasteiger partial charge in [0.05, 0.1) is 18.6 Å². The second-order valence-electron chi connectivity index (χ2n) is 6.38. The Morgan fingerprint density at radius 2 is 2.00 bits per heavy atom. The molecule has 0 aromatic heterocycles. The predicted octanol–water partition coefficient (Wildman–Crippen LogP) is 1.82. The van der Waals surface area contributed by atoms with Crippen LogP contribution in [0.3, 0.4) is 0 Å². The molecule has 0 saturated heterocycles. The van der Waals surface area contributed by atoms with Gasteiger partial charge < -0.3 is 15.1 Å². The second kappa shape index (κ2) is 5.95. The number of amides is 1. The molecular formula is C16H22ClNO3. The zero-order valence-corrected chi connectivity index (χ0v) is 13.2. The minimum atomic E-state index is -0.686. The van der Waals surface area contributed by atoms with Gasteiger partial charge in [0, 0.05) is 24.0 Å². The number of carbonyl (C=O) groups is 1. The average Bonchev–Trinajstić information content (AvgIpc) is 3.28. The van der Waals surface area contributed by atoms with Gasteiger partial charge in [-0.3, -0.25) is 4.79 Å². The Kier molecular flexibility index (Phi) is 4.61. The number of aliphatic hydroxyl groups excluding tert-OH is 2. The van der Waals surface area contributed by atoms with Crippen LogP contribution in [0.5, 0.6) is 0 Å². The molecule has 1 fully saturated rings. The molecule has 0 radical (unpaired) electrons. The molecule has 116 valence electrons. The molecule has 2 rings (SSSR count). The number of hydrogen-bond donors (Lipinski definition) is 2. The highest BCUT2D eigenvalue weighted by Crippen LogP contribution is 2.50. The maximum Gasteiger partial charge on any atom is 0.232 e. The van der Waals surface area contributed by atoms with Gasteiger partial charge in [-0.2, -0.15) is 0 Å². The Balaban J connectivity index is 2.16. The Labute approximate surface area is 130 Å². The van der Waals surface area contributed by atoms with Crippen LogP contribution in [0.15, 0.2) is 24.3 Å². The molecule has 1 aromatic carbocycles. The monoisotopic (exact) mass is 311 g/mol. The molecule has 1 aliphatic rings. The van der Waals surface area contributed by atoms with Crippen LogP contribution in [0.2, 0.25) is 5.02 Å². The van der Waals surface area contributed by atoms with Gasteiger partial charge in [-0.1, -0.05) is 30.7 Å². The molecule has 1 amide bonds. The van der Waals surface area contributed by atoms with Crippen LogP contribution in [-0.4, -0.2) is 47.8 Å². The standard InChI is InChI=1S/C16H22ClNO3/c1-15(10-19,11-20)9-18(2)14(21)16(6-7-16)12-4-3-5-13(17)8-12/h3-5,8,19-20H,6-7,9-11H2,1-2H3. The van der Waals surface area contributed by atoms with Crippen molar-refractivity contribution < 1.29 is 15.0 Å². The molecule has 2 N–H and O–H groups in total. The van der Waals surface area contributed by atoms with Crippen LogP contribution < -0.4 is 0 Å². The SMILES string of the molecule is CN(CC(C)(CO)CO)C(=O)C1(c2cccc(Cl)c2)CC1. The maximum absolute atomic E-state index is 12.8. The van der Waals surface area contributed by atoms with Crippen molar-refractivity contribution in [3.05, 3.63) is 34.9 Å². The summed E-state index contributed by atoms with van der Waals surface area (Å²) < 4.78 is 0. The van der Waals surface area contributed by atoms with Gasteiger partial charge in [0.15, 0.2) is 0 Å². The molecular weight excluding hydrogens is 290 g/mol. The van der Waals surface area contributed by atoms with E-state index in [-0.39, 0.29) is 19.1 Å². The molecule has 1 aliphatic carbocycles. The lowest BCUT2D eigenvalue weighted by Gasteiger charge is -2.32. The van der Waals surface area contributed by atoms with Gasteiger partial charge in [0.1, 0.15) is 0 Å². The Hall–Kier alpha value is -1.10. The summed E-state index contributed by atoms with van der Waals surface area (Å²) in [5.41, 5.74) is -0.220. The highest BCUT2D eigenvalue weighted by Gasteiger charge is 2.52. The van der Waals surface area contributed by atoms with Crippen molar-refractivity contribution in [1.82, 2.24) is 4.90 Å². The summed E-state index contributed by atoms with van der Waals surface area (Å²) in [7, 11) is 1.72. The first-order valence-electron chi connectivity index (χ1n) is 7.10. The molecule has 0 bridgehead atoms. The normalized spacial score (nSPS) is 16.6. The van der Waals surface area contributed by atoms with Crippen molar-refractivity contribution in [1.29, 1.82) is 0 Å². The van der Waals surface area contributed by atoms with Crippen LogP contribution >= 0.6 is 11.6 Å². The Bertz CT molecular complexity index is 524. The molecule has 4 nitrogen and oxygen atoms in total. The van der Waals surface area contributed by atoms with E-state index < -0.39 is 10.8 Å². The van der Waals surface area contributed by atoms with Gasteiger partial charge in [0.2, 0.25) is 5.91 Å². The number of halogens is 1. The van der Waals surface area contributed by atoms with E-state index in [0.29, 0.717) is 11.6 Å². The van der Waals surface area contributed by atoms with Crippen molar-refractivity contribution >= 4 is 17.5 Å². The minimum absolute atomic E-state index is 0.0258. The predicted molar refractivity (Wildman–Crippen MR) is 82.3 cm³/mol. The fourth-order valence-corrected chi connectivity index (χ4v) is 2.89. The second-order valence-corrected chi connectivity index (χ2v) is 6.82. The number of nitrogens with zero attached hydrogens (tertiary/aromatic N) is 1. The zero-order chi connectivity index (χ0) is 15.7. The molecule has 0 aliphatic heterocycles. The smallest absolute Gasteiger partial charge is 0.232 e. The third kappa shape index (κ3) is 3.23. The summed E-state index contributed by atoms with van der Waals surface area (Å²) >= 11 is 6.02. The van der Waals surface area contributed by atoms with Gasteiger partial charge in [-0.15, -0.1) is 0 Å². The number of likely N-dealkylation sites (N-methyl/N-ethyl adjacent to an activating group) is 1. The van der Waals surface area contributed by atoms with Crippen LogP contribution in [-0.2, 0) is 10.2 Å². The largest absolute Gasteiger partial charge is 0.396 e. The summed E-state index contributed by atoms with van der Waals surface area (Å²) in [5.74, 6) is 0.0258. The van der Waals surface area contributed by atoms with E-state index in [2.05, 4.69) is 0 Å². The number of hydrogen-bond acceptors (Lipinski definition) is 3. The fourth-order valence-electron chi connectivity index (χ4n) is 2.70. The first kappa shape index (κ1) is 16.3. The van der Waals surface area contributed by atoms with Crippen LogP contribution in [0.25, 0.3) is 0 Å². The fraction of sp³-hybridized carbons (Fsp3) is 0.562. The van der Waals surface area contributed by atoms with E-state index in [0.717, 1.165) is 18.4 Å². The third-order valence-electron chi connectivity index (χ3n) is 4.27. The summed E-state index contributed by atoms with van der Waals surface area (Å²) in [6, 6.07) is 7.43. The molecule has 21 heavy (non-hydrogen) atoms. The first-order valence-corrected chi connectivity index (χ1v) is 7.48. The summed E-state index contributed by atoms with van der Waals surface area (Å²) in [6.45, 7) is 1.76. The summed E-state index contributed by atoms with van der Waals surface area (Å²) in [4.78, 5) is 14.4. The van der Waals surface area contributed by atoms with Crippen molar-refractivity contribution in [2.75, 3.05) is 26.8 Å². The lowest BCUT2D eigenvalue weighted by Crippen LogP contribution is -2.45. The summed E-state index contributed by atoms with van der Waals surface area (Å²) in [6.07, 6.45) is 1.62. The first-order chi connectivity index (χ1) is 9.87. The molecule has 1 saturated carbocycles. The third-order valence-corrected chi connectivity index (χ3v) is 4.50. The zero-order valence-electron chi connectivity index (χ0n) is 12.5. The van der Waals surface area contributed by atoms with E-state index in [1.165, 1.54) is 0 Å². The number of benzene rings is 1. The van der Waals surface area contributed by atoms with E-state index in [1.807, 2.05) is 18.2 Å². The quantitative estimate of drug-likeness (QED) is 0.842. The van der Waals surface area contributed by atoms with Gasteiger partial charge in [0.25, 0.3) is 0 Å². The van der Waals surface area contributed by atoms with E-state index >= 15 is 0 Å². The van der Waals surface area contributed by atoms with Gasteiger partial charge in [-0.25, -0.2) is 0 Å². The maximum atomic E-state index is 12.8. The van der Waals surface area contributed by atoms with Crippen LogP contribution in [0.1, 0.15) is 25.3 Å². The molecule has 0 unspecified atom stereocenters. The van der Waals surface area contributed by atoms with Crippen molar-refractivity contribution in [3.8, 4) is 0 Å². The van der Waals surface area contributed by atoms with E-state index in [1.54, 1.807) is 24.9 Å². The topological polar surface area (TPSA) is 60.8 Å². The summed E-state index contributed by atoms with van der Waals surface area (Å²) in [5, 5.41) is 19.4. The molecule has 0 atom stereocenters. The number of rotatable bonds is 6. The highest BCUT2D eigenvalue weighted by atomic mass is 35.5. The molecule has 0 spiro atoms. The molecule has 5 heteroatoms. The lowest BCUT2D eigenvalue weighted by molar-refractivity contribution is -0.134. The van der Waals surface area contributed by atoms with Crippen LogP contribution in [0, 0.1) is 5.41 Å². The van der Waals surface area contributed by atoms with Gasteiger partial charge in [-0.05, 0) is 30.5 Å². The highest BCUT2D eigenvalue weighted by molar-refractivity contribution is 6.30. The van der Waals surface area contributed by atoms with E-state index in [9.17, 15) is 15.0 Å². The Morgan fingerprint density at radius 1 is 1.38 bits per heavy atom. The number of aliphatic hydroxyl groups is 2. The number of carbonyl (C=O) groups excluding carboxylic acids is 1. The van der Waals surface area contributed by atoms with Crippen molar-refractivity contribution in [2.24, 2.45) is 5.41 Å². The molecule has 1 aromatic rings. The van der Waals surface area contributed by atoms with Crippen LogP contribution in [0.4, 0.5) is 0 Å². The van der Waals surface area contributed by atoms with Gasteiger partial charge >= 0.3 is 0 Å². The lowest BCUT2D eigenvalue weighted by atomic mass is 9.90. The van der Waals surface area contributed by atoms with E-state index in [4.69, 9.17) is 11.6 Å². The van der Waals surface area contributed by atoms with Crippen molar-refractivity contribution in [3.63, 3.8) is 0 Å². The molecule has 0 heterocycles. The Morgan fingerprint density at radius 3 is 2.48 bits per heavy atom. The van der Waals surface area contributed by atoms with Crippen molar-refractivity contribution in [2.45, 2.75) is 25.2 Å². The minimum Gasteiger partial charge on any atom is -0.396 e.